The smallest absolute Gasteiger partial charge is 0.194 e. The van der Waals surface area contributed by atoms with Crippen molar-refractivity contribution in [2.24, 2.45) is 7.05 Å². The van der Waals surface area contributed by atoms with E-state index < -0.39 is 11.6 Å². The molecule has 3 aromatic rings. The van der Waals surface area contributed by atoms with E-state index in [1.807, 2.05) is 23.7 Å². The van der Waals surface area contributed by atoms with Gasteiger partial charge in [-0.1, -0.05) is 17.7 Å². The fourth-order valence-corrected chi connectivity index (χ4v) is 3.51. The van der Waals surface area contributed by atoms with Gasteiger partial charge in [0.05, 0.1) is 5.41 Å². The van der Waals surface area contributed by atoms with Crippen LogP contribution in [0.5, 0.6) is 0 Å². The van der Waals surface area contributed by atoms with Crippen LogP contribution >= 0.6 is 0 Å². The van der Waals surface area contributed by atoms with E-state index in [2.05, 4.69) is 32.9 Å². The molecule has 1 nitrogen and oxygen atoms in total. The van der Waals surface area contributed by atoms with Crippen LogP contribution in [-0.2, 0) is 12.5 Å². The molecular weight excluding hydrogens is 347 g/mol. The molecule has 0 unspecified atom stereocenters. The molecule has 0 atom stereocenters. The zero-order valence-corrected chi connectivity index (χ0v) is 16.6. The molecule has 4 heteroatoms. The lowest BCUT2D eigenvalue weighted by molar-refractivity contribution is -0.633. The quantitative estimate of drug-likeness (QED) is 0.479. The summed E-state index contributed by atoms with van der Waals surface area (Å²) < 4.78 is 42.5. The third kappa shape index (κ3) is 3.22. The summed E-state index contributed by atoms with van der Waals surface area (Å²) in [6.45, 7) is 8.67. The second-order valence-corrected chi connectivity index (χ2v) is 7.93. The molecule has 1 heterocycles. The second kappa shape index (κ2) is 6.36. The van der Waals surface area contributed by atoms with Crippen molar-refractivity contribution in [3.63, 3.8) is 0 Å². The number of pyridine rings is 1. The number of benzene rings is 2. The maximum atomic E-state index is 13.5. The van der Waals surface area contributed by atoms with Crippen LogP contribution in [0.2, 0.25) is 0 Å². The Morgan fingerprint density at radius 1 is 0.852 bits per heavy atom. The Morgan fingerprint density at radius 3 is 2.11 bits per heavy atom. The summed E-state index contributed by atoms with van der Waals surface area (Å²) in [5.74, 6) is 0. The third-order valence-electron chi connectivity index (χ3n) is 5.69. The van der Waals surface area contributed by atoms with Gasteiger partial charge < -0.3 is 0 Å². The number of aryl methyl sites for hydroxylation is 3. The van der Waals surface area contributed by atoms with Gasteiger partial charge in [0.25, 0.3) is 0 Å². The van der Waals surface area contributed by atoms with Crippen molar-refractivity contribution in [1.82, 2.24) is 0 Å². The molecule has 0 aliphatic heterocycles. The van der Waals surface area contributed by atoms with Crippen LogP contribution in [0.15, 0.2) is 42.5 Å². The van der Waals surface area contributed by atoms with Gasteiger partial charge in [0.1, 0.15) is 7.05 Å². The number of fused-ring (bicyclic) bond motifs is 1. The van der Waals surface area contributed by atoms with Gasteiger partial charge in [0.2, 0.25) is 11.2 Å². The largest absolute Gasteiger partial charge is 0.397 e. The first-order valence-electron chi connectivity index (χ1n) is 9.01. The molecule has 0 saturated carbocycles. The van der Waals surface area contributed by atoms with E-state index in [0.717, 1.165) is 22.2 Å². The van der Waals surface area contributed by atoms with E-state index in [1.54, 1.807) is 18.2 Å². The molecule has 2 aromatic carbocycles. The molecule has 0 aliphatic carbocycles. The van der Waals surface area contributed by atoms with E-state index in [0.29, 0.717) is 0 Å². The fourth-order valence-electron chi connectivity index (χ4n) is 3.51. The van der Waals surface area contributed by atoms with Gasteiger partial charge in [-0.05, 0) is 69.5 Å². The predicted molar refractivity (Wildman–Crippen MR) is 104 cm³/mol. The number of aromatic nitrogens is 1. The number of alkyl halides is 3. The van der Waals surface area contributed by atoms with Crippen molar-refractivity contribution in [1.29, 1.82) is 0 Å². The summed E-state index contributed by atoms with van der Waals surface area (Å²) in [5, 5.41) is 0.921. The predicted octanol–water partition coefficient (Wildman–Crippen LogP) is 6.10. The number of nitrogens with zero attached hydrogens (tertiary/aromatic N) is 1. The van der Waals surface area contributed by atoms with Crippen LogP contribution in [0.4, 0.5) is 13.2 Å². The topological polar surface area (TPSA) is 3.88 Å². The Bertz CT molecular complexity index is 1030. The molecule has 1 aromatic heterocycles. The second-order valence-electron chi connectivity index (χ2n) is 7.93. The van der Waals surface area contributed by atoms with Gasteiger partial charge >= 0.3 is 6.18 Å². The zero-order valence-electron chi connectivity index (χ0n) is 16.6. The highest BCUT2D eigenvalue weighted by molar-refractivity contribution is 5.79. The van der Waals surface area contributed by atoms with Crippen LogP contribution < -0.4 is 4.57 Å². The maximum absolute atomic E-state index is 13.5. The first-order valence-corrected chi connectivity index (χ1v) is 9.01. The van der Waals surface area contributed by atoms with Gasteiger partial charge in [0, 0.05) is 23.1 Å². The highest BCUT2D eigenvalue weighted by Gasteiger charge is 2.48. The SMILES string of the molecule is Cc1cc(C)c(C)c(-c2ccc3ccc(C(C)(C)C(F)(F)F)cc3[n+]2C)c1. The summed E-state index contributed by atoms with van der Waals surface area (Å²) in [4.78, 5) is 0. The summed E-state index contributed by atoms with van der Waals surface area (Å²) in [6.07, 6.45) is -4.30. The Balaban J connectivity index is 2.26. The number of hydrogen-bond acceptors (Lipinski definition) is 0. The van der Waals surface area contributed by atoms with Crippen LogP contribution in [0.1, 0.15) is 36.1 Å². The minimum atomic E-state index is -4.30. The maximum Gasteiger partial charge on any atom is 0.397 e. The summed E-state index contributed by atoms with van der Waals surface area (Å²) in [5.41, 5.74) is 4.82. The van der Waals surface area contributed by atoms with Crippen molar-refractivity contribution < 1.29 is 17.7 Å². The minimum absolute atomic E-state index is 0.271. The molecule has 0 N–H and O–H groups in total. The van der Waals surface area contributed by atoms with Gasteiger partial charge in [-0.15, -0.1) is 0 Å². The molecule has 0 spiro atoms. The first-order chi connectivity index (χ1) is 12.4. The van der Waals surface area contributed by atoms with Crippen LogP contribution in [-0.4, -0.2) is 6.18 Å². The highest BCUT2D eigenvalue weighted by atomic mass is 19.4. The molecule has 3 rings (SSSR count). The molecule has 142 valence electrons. The van der Waals surface area contributed by atoms with Crippen molar-refractivity contribution >= 4 is 10.9 Å². The summed E-state index contributed by atoms with van der Waals surface area (Å²) in [6, 6.07) is 13.3. The standard InChI is InChI=1S/C23H25F3N/c1-14-11-15(2)16(3)19(12-14)20-10-8-17-7-9-18(13-21(17)27(20)6)22(4,5)23(24,25)26/h7-13H,1-6H3/q+1. The molecular formula is C23H25F3N+. The molecule has 0 aliphatic rings. The average Bonchev–Trinajstić information content (AvgIpc) is 2.57. The molecule has 27 heavy (non-hydrogen) atoms. The fraction of sp³-hybridized carbons (Fsp3) is 0.348. The summed E-state index contributed by atoms with van der Waals surface area (Å²) in [7, 11) is 1.92. The van der Waals surface area contributed by atoms with Gasteiger partial charge in [-0.25, -0.2) is 0 Å². The van der Waals surface area contributed by atoms with Gasteiger partial charge in [-0.3, -0.25) is 0 Å². The van der Waals surface area contributed by atoms with E-state index in [1.165, 1.54) is 30.5 Å². The van der Waals surface area contributed by atoms with Gasteiger partial charge in [-0.2, -0.15) is 17.7 Å². The number of rotatable bonds is 2. The normalized spacial score (nSPS) is 12.6. The van der Waals surface area contributed by atoms with Gasteiger partial charge in [0.15, 0.2) is 0 Å². The Hall–Kier alpha value is -2.36. The number of hydrogen-bond donors (Lipinski definition) is 0. The van der Waals surface area contributed by atoms with Crippen molar-refractivity contribution in [3.8, 4) is 11.3 Å². The first kappa shape index (κ1) is 19.4. The lowest BCUT2D eigenvalue weighted by atomic mass is 9.83. The zero-order chi connectivity index (χ0) is 20.1. The molecule has 0 amide bonds. The molecule has 0 saturated heterocycles. The summed E-state index contributed by atoms with van der Waals surface area (Å²) >= 11 is 0. The van der Waals surface area contributed by atoms with E-state index >= 15 is 0 Å². The van der Waals surface area contributed by atoms with Crippen molar-refractivity contribution in [3.05, 3.63) is 64.7 Å². The van der Waals surface area contributed by atoms with Crippen LogP contribution in [0.3, 0.4) is 0 Å². The van der Waals surface area contributed by atoms with E-state index in [4.69, 9.17) is 0 Å². The highest BCUT2D eigenvalue weighted by Crippen LogP contribution is 2.41. The molecule has 0 radical (unpaired) electrons. The lowest BCUT2D eigenvalue weighted by Gasteiger charge is -2.28. The Morgan fingerprint density at radius 2 is 1.48 bits per heavy atom. The van der Waals surface area contributed by atoms with Crippen molar-refractivity contribution in [2.75, 3.05) is 0 Å². The lowest BCUT2D eigenvalue weighted by Crippen LogP contribution is -2.37. The van der Waals surface area contributed by atoms with Crippen molar-refractivity contribution in [2.45, 2.75) is 46.2 Å². The molecule has 0 bridgehead atoms. The molecule has 0 fully saturated rings. The monoisotopic (exact) mass is 372 g/mol. The third-order valence-corrected chi connectivity index (χ3v) is 5.69. The van der Waals surface area contributed by atoms with E-state index in [-0.39, 0.29) is 5.56 Å². The van der Waals surface area contributed by atoms with Crippen LogP contribution in [0.25, 0.3) is 22.2 Å². The van der Waals surface area contributed by atoms with E-state index in [9.17, 15) is 13.2 Å². The minimum Gasteiger partial charge on any atom is -0.194 e. The Labute approximate surface area is 158 Å². The Kier molecular flexibility index (Phi) is 4.57. The number of halogens is 3. The average molecular weight is 372 g/mol. The van der Waals surface area contributed by atoms with Crippen LogP contribution in [0, 0.1) is 20.8 Å².